The van der Waals surface area contributed by atoms with Crippen molar-refractivity contribution in [2.75, 3.05) is 0 Å². The summed E-state index contributed by atoms with van der Waals surface area (Å²) in [5.74, 6) is 1.47. The summed E-state index contributed by atoms with van der Waals surface area (Å²) in [6.45, 7) is 4.07. The zero-order valence-electron chi connectivity index (χ0n) is 10.9. The van der Waals surface area contributed by atoms with Crippen molar-refractivity contribution in [3.05, 3.63) is 64.8 Å². The number of halogens is 1. The Morgan fingerprint density at radius 2 is 2.16 bits per heavy atom. The van der Waals surface area contributed by atoms with Crippen LogP contribution >= 0.6 is 11.6 Å². The van der Waals surface area contributed by atoms with Crippen LogP contribution in [0.15, 0.2) is 54.2 Å². The summed E-state index contributed by atoms with van der Waals surface area (Å²) in [7, 11) is 0. The summed E-state index contributed by atoms with van der Waals surface area (Å²) < 4.78 is 5.84. The van der Waals surface area contributed by atoms with Gasteiger partial charge in [-0.15, -0.1) is 0 Å². The third kappa shape index (κ3) is 2.34. The molecule has 0 bridgehead atoms. The van der Waals surface area contributed by atoms with Crippen LogP contribution in [0.5, 0.6) is 5.75 Å². The van der Waals surface area contributed by atoms with Crippen LogP contribution in [0.1, 0.15) is 12.5 Å². The summed E-state index contributed by atoms with van der Waals surface area (Å²) in [4.78, 5) is 2.14. The van der Waals surface area contributed by atoms with E-state index in [2.05, 4.69) is 17.1 Å². The molecule has 19 heavy (non-hydrogen) atoms. The molecule has 0 saturated carbocycles. The van der Waals surface area contributed by atoms with Gasteiger partial charge in [0.15, 0.2) is 0 Å². The van der Waals surface area contributed by atoms with Gasteiger partial charge in [-0.25, -0.2) is 0 Å². The average molecular weight is 275 g/mol. The van der Waals surface area contributed by atoms with Gasteiger partial charge in [0.25, 0.3) is 0 Å². The van der Waals surface area contributed by atoms with Gasteiger partial charge in [0.2, 0.25) is 0 Å². The molecule has 0 saturated heterocycles. The lowest BCUT2D eigenvalue weighted by atomic mass is 10.2. The van der Waals surface area contributed by atoms with Crippen LogP contribution < -0.4 is 10.1 Å². The molecule has 1 unspecified atom stereocenters. The smallest absolute Gasteiger partial charge is 0.146 e. The number of fused-ring (bicyclic) bond motifs is 1. The van der Waals surface area contributed by atoms with Crippen molar-refractivity contribution in [1.29, 1.82) is 0 Å². The number of benzene rings is 1. The molecule has 1 atom stereocenters. The Morgan fingerprint density at radius 3 is 2.95 bits per heavy atom. The molecule has 2 aliphatic heterocycles. The molecule has 0 spiro atoms. The zero-order chi connectivity index (χ0) is 13.4. The van der Waals surface area contributed by atoms with Crippen molar-refractivity contribution in [3.8, 4) is 5.75 Å². The van der Waals surface area contributed by atoms with E-state index in [1.54, 1.807) is 0 Å². The lowest BCUT2D eigenvalue weighted by Gasteiger charge is -2.26. The Kier molecular flexibility index (Phi) is 2.99. The van der Waals surface area contributed by atoms with Crippen LogP contribution in [-0.4, -0.2) is 11.1 Å². The van der Waals surface area contributed by atoms with E-state index >= 15 is 0 Å². The molecule has 0 aliphatic carbocycles. The van der Waals surface area contributed by atoms with Gasteiger partial charge in [-0.05, 0) is 37.6 Å². The molecule has 3 nitrogen and oxygen atoms in total. The van der Waals surface area contributed by atoms with Crippen LogP contribution in [0.3, 0.4) is 0 Å². The SMILES string of the molecule is CC1=CNC2C=C(Oc3ccc(C)cc3Cl)C=CN12. The number of ether oxygens (including phenoxy) is 1. The Bertz CT molecular complexity index is 604. The van der Waals surface area contributed by atoms with Crippen LogP contribution in [0.25, 0.3) is 0 Å². The molecule has 0 fully saturated rings. The first kappa shape index (κ1) is 12.2. The third-order valence-corrected chi connectivity index (χ3v) is 3.50. The normalized spacial score (nSPS) is 20.6. The number of rotatable bonds is 2. The Labute approximate surface area is 117 Å². The second-order valence-corrected chi connectivity index (χ2v) is 5.13. The van der Waals surface area contributed by atoms with Crippen molar-refractivity contribution in [3.63, 3.8) is 0 Å². The number of aryl methyl sites for hydroxylation is 1. The van der Waals surface area contributed by atoms with Crippen LogP contribution in [0.4, 0.5) is 0 Å². The fourth-order valence-corrected chi connectivity index (χ4v) is 2.44. The summed E-state index contributed by atoms with van der Waals surface area (Å²) in [6.07, 6.45) is 8.10. The average Bonchev–Trinajstić information content (AvgIpc) is 2.74. The molecule has 98 valence electrons. The van der Waals surface area contributed by atoms with Gasteiger partial charge >= 0.3 is 0 Å². The number of hydrogen-bond donors (Lipinski definition) is 1. The standard InChI is InChI=1S/C15H15ClN2O/c1-10-3-4-14(13(16)7-10)19-12-5-6-18-11(2)9-17-15(18)8-12/h3-9,15,17H,1-2H3. The maximum atomic E-state index is 6.17. The molecular weight excluding hydrogens is 260 g/mol. The lowest BCUT2D eigenvalue weighted by Crippen LogP contribution is -2.33. The molecule has 3 rings (SSSR count). The molecule has 1 aromatic rings. The Balaban J connectivity index is 1.78. The van der Waals surface area contributed by atoms with E-state index < -0.39 is 0 Å². The largest absolute Gasteiger partial charge is 0.456 e. The Hall–Kier alpha value is -1.87. The van der Waals surface area contributed by atoms with E-state index in [4.69, 9.17) is 16.3 Å². The van der Waals surface area contributed by atoms with Crippen LogP contribution in [-0.2, 0) is 0 Å². The first-order chi connectivity index (χ1) is 9.13. The second-order valence-electron chi connectivity index (χ2n) is 4.73. The van der Waals surface area contributed by atoms with Crippen molar-refractivity contribution in [1.82, 2.24) is 10.2 Å². The van der Waals surface area contributed by atoms with Gasteiger partial charge < -0.3 is 15.0 Å². The molecular formula is C15H15ClN2O. The van der Waals surface area contributed by atoms with Crippen molar-refractivity contribution in [2.24, 2.45) is 0 Å². The molecule has 0 aromatic heterocycles. The topological polar surface area (TPSA) is 24.5 Å². The first-order valence-corrected chi connectivity index (χ1v) is 6.56. The van der Waals surface area contributed by atoms with Crippen molar-refractivity contribution >= 4 is 11.6 Å². The highest BCUT2D eigenvalue weighted by Gasteiger charge is 2.23. The third-order valence-electron chi connectivity index (χ3n) is 3.21. The number of hydrogen-bond acceptors (Lipinski definition) is 3. The van der Waals surface area contributed by atoms with E-state index in [0.717, 1.165) is 11.3 Å². The minimum atomic E-state index is 0.129. The minimum Gasteiger partial charge on any atom is -0.456 e. The van der Waals surface area contributed by atoms with E-state index in [0.29, 0.717) is 10.8 Å². The van der Waals surface area contributed by atoms with Crippen LogP contribution in [0, 0.1) is 6.92 Å². The molecule has 0 amide bonds. The molecule has 4 heteroatoms. The van der Waals surface area contributed by atoms with E-state index in [9.17, 15) is 0 Å². The van der Waals surface area contributed by atoms with Gasteiger partial charge in [0.05, 0.1) is 5.02 Å². The highest BCUT2D eigenvalue weighted by molar-refractivity contribution is 6.32. The molecule has 0 radical (unpaired) electrons. The summed E-state index contributed by atoms with van der Waals surface area (Å²) in [5, 5.41) is 3.90. The number of allylic oxidation sites excluding steroid dienone is 2. The van der Waals surface area contributed by atoms with Crippen LogP contribution in [0.2, 0.25) is 5.02 Å². The van der Waals surface area contributed by atoms with Gasteiger partial charge in [-0.1, -0.05) is 17.7 Å². The minimum absolute atomic E-state index is 0.129. The van der Waals surface area contributed by atoms with Gasteiger partial charge in [-0.2, -0.15) is 0 Å². The zero-order valence-corrected chi connectivity index (χ0v) is 11.6. The van der Waals surface area contributed by atoms with Gasteiger partial charge in [0, 0.05) is 24.2 Å². The Morgan fingerprint density at radius 1 is 1.32 bits per heavy atom. The van der Waals surface area contributed by atoms with E-state index in [1.807, 2.05) is 49.7 Å². The summed E-state index contributed by atoms with van der Waals surface area (Å²) in [5.41, 5.74) is 2.30. The molecule has 2 aliphatic rings. The first-order valence-electron chi connectivity index (χ1n) is 6.19. The highest BCUT2D eigenvalue weighted by atomic mass is 35.5. The summed E-state index contributed by atoms with van der Waals surface area (Å²) in [6, 6.07) is 5.78. The van der Waals surface area contributed by atoms with Crippen molar-refractivity contribution in [2.45, 2.75) is 20.0 Å². The van der Waals surface area contributed by atoms with Crippen molar-refractivity contribution < 1.29 is 4.74 Å². The number of nitrogens with one attached hydrogen (secondary N) is 1. The molecule has 1 aromatic carbocycles. The van der Waals surface area contributed by atoms with Gasteiger partial charge in [0.1, 0.15) is 17.7 Å². The predicted molar refractivity (Wildman–Crippen MR) is 76.6 cm³/mol. The monoisotopic (exact) mass is 274 g/mol. The second kappa shape index (κ2) is 4.67. The lowest BCUT2D eigenvalue weighted by molar-refractivity contribution is 0.365. The molecule has 2 heterocycles. The van der Waals surface area contributed by atoms with Gasteiger partial charge in [-0.3, -0.25) is 0 Å². The maximum absolute atomic E-state index is 6.17. The highest BCUT2D eigenvalue weighted by Crippen LogP contribution is 2.29. The quantitative estimate of drug-likeness (QED) is 0.893. The summed E-state index contributed by atoms with van der Waals surface area (Å²) >= 11 is 6.17. The predicted octanol–water partition coefficient (Wildman–Crippen LogP) is 3.53. The van der Waals surface area contributed by atoms with E-state index in [1.165, 1.54) is 5.70 Å². The maximum Gasteiger partial charge on any atom is 0.146 e. The fraction of sp³-hybridized carbons (Fsp3) is 0.200. The molecule has 1 N–H and O–H groups in total. The van der Waals surface area contributed by atoms with E-state index in [-0.39, 0.29) is 6.17 Å². The fourth-order valence-electron chi connectivity index (χ4n) is 2.17. The number of nitrogens with zero attached hydrogens (tertiary/aromatic N) is 1.